The molecule has 0 spiro atoms. The number of amides is 1. The van der Waals surface area contributed by atoms with Crippen molar-refractivity contribution < 1.29 is 4.79 Å². The Morgan fingerprint density at radius 2 is 1.87 bits per heavy atom. The van der Waals surface area contributed by atoms with Gasteiger partial charge in [0.25, 0.3) is 0 Å². The molecular weight excluding hydrogens is 303 g/mol. The Balaban J connectivity index is 2.64. The van der Waals surface area contributed by atoms with Crippen LogP contribution in [0.4, 0.5) is 0 Å². The summed E-state index contributed by atoms with van der Waals surface area (Å²) in [6.45, 7) is 3.78. The third-order valence-electron chi connectivity index (χ3n) is 2.30. The summed E-state index contributed by atoms with van der Waals surface area (Å²) in [6, 6.07) is 8.01. The van der Waals surface area contributed by atoms with Gasteiger partial charge in [-0.05, 0) is 54.1 Å². The largest absolute Gasteiger partial charge is 0.368 e. The van der Waals surface area contributed by atoms with Gasteiger partial charge < -0.3 is 5.73 Å². The summed E-state index contributed by atoms with van der Waals surface area (Å²) in [5.74, 6) is -0.327. The van der Waals surface area contributed by atoms with Crippen molar-refractivity contribution in [2.45, 2.75) is 25.9 Å². The molecule has 2 unspecified atom stereocenters. The molecule has 0 saturated carbocycles. The van der Waals surface area contributed by atoms with Crippen LogP contribution < -0.4 is 11.1 Å². The second-order valence-electron chi connectivity index (χ2n) is 3.56. The number of primary amides is 1. The van der Waals surface area contributed by atoms with Crippen molar-refractivity contribution in [3.8, 4) is 0 Å². The van der Waals surface area contributed by atoms with Gasteiger partial charge in [0.05, 0.1) is 6.04 Å². The van der Waals surface area contributed by atoms with E-state index >= 15 is 0 Å². The summed E-state index contributed by atoms with van der Waals surface area (Å²) in [5.41, 5.74) is 6.34. The van der Waals surface area contributed by atoms with E-state index in [1.165, 1.54) is 3.57 Å². The Bertz CT molecular complexity index is 337. The van der Waals surface area contributed by atoms with Crippen molar-refractivity contribution in [2.24, 2.45) is 5.73 Å². The zero-order valence-corrected chi connectivity index (χ0v) is 11.0. The maximum Gasteiger partial charge on any atom is 0.234 e. The Morgan fingerprint density at radius 3 is 2.33 bits per heavy atom. The van der Waals surface area contributed by atoms with Crippen LogP contribution in [0.1, 0.15) is 25.5 Å². The highest BCUT2D eigenvalue weighted by molar-refractivity contribution is 14.1. The van der Waals surface area contributed by atoms with Gasteiger partial charge in [-0.3, -0.25) is 10.1 Å². The van der Waals surface area contributed by atoms with E-state index in [1.54, 1.807) is 6.92 Å². The van der Waals surface area contributed by atoms with Crippen LogP contribution in [0.2, 0.25) is 0 Å². The third-order valence-corrected chi connectivity index (χ3v) is 3.02. The molecule has 1 aromatic carbocycles. The fraction of sp³-hybridized carbons (Fsp3) is 0.364. The van der Waals surface area contributed by atoms with Crippen LogP contribution >= 0.6 is 22.6 Å². The molecule has 2 atom stereocenters. The topological polar surface area (TPSA) is 55.1 Å². The van der Waals surface area contributed by atoms with Gasteiger partial charge in [0.2, 0.25) is 5.91 Å². The standard InChI is InChI=1S/C11H15IN2O/c1-7(14-8(2)11(13)15)9-3-5-10(12)6-4-9/h3-8,14H,1-2H3,(H2,13,15). The quantitative estimate of drug-likeness (QED) is 0.832. The molecule has 0 bridgehead atoms. The number of rotatable bonds is 4. The maximum absolute atomic E-state index is 10.9. The van der Waals surface area contributed by atoms with Crippen LogP contribution in [0.5, 0.6) is 0 Å². The second-order valence-corrected chi connectivity index (χ2v) is 4.81. The first-order chi connectivity index (χ1) is 7.00. The van der Waals surface area contributed by atoms with Gasteiger partial charge >= 0.3 is 0 Å². The highest BCUT2D eigenvalue weighted by Crippen LogP contribution is 2.14. The van der Waals surface area contributed by atoms with E-state index in [9.17, 15) is 4.79 Å². The molecule has 82 valence electrons. The lowest BCUT2D eigenvalue weighted by Gasteiger charge is -2.17. The summed E-state index contributed by atoms with van der Waals surface area (Å²) >= 11 is 2.26. The Hall–Kier alpha value is -0.620. The summed E-state index contributed by atoms with van der Waals surface area (Å²) < 4.78 is 1.20. The van der Waals surface area contributed by atoms with E-state index in [-0.39, 0.29) is 18.0 Å². The molecule has 0 aliphatic rings. The van der Waals surface area contributed by atoms with E-state index in [2.05, 4.69) is 27.9 Å². The van der Waals surface area contributed by atoms with Gasteiger partial charge in [-0.2, -0.15) is 0 Å². The first-order valence-electron chi connectivity index (χ1n) is 4.81. The fourth-order valence-electron chi connectivity index (χ4n) is 1.30. The van der Waals surface area contributed by atoms with E-state index < -0.39 is 0 Å². The fourth-order valence-corrected chi connectivity index (χ4v) is 1.66. The Morgan fingerprint density at radius 1 is 1.33 bits per heavy atom. The molecule has 0 saturated heterocycles. The van der Waals surface area contributed by atoms with Crippen LogP contribution in [-0.2, 0) is 4.79 Å². The molecule has 0 aliphatic heterocycles. The summed E-state index contributed by atoms with van der Waals surface area (Å²) in [4.78, 5) is 10.9. The van der Waals surface area contributed by atoms with Crippen LogP contribution in [-0.4, -0.2) is 11.9 Å². The van der Waals surface area contributed by atoms with Gasteiger partial charge in [0, 0.05) is 9.61 Å². The summed E-state index contributed by atoms with van der Waals surface area (Å²) in [5, 5.41) is 3.14. The zero-order chi connectivity index (χ0) is 11.4. The van der Waals surface area contributed by atoms with Crippen molar-refractivity contribution in [3.63, 3.8) is 0 Å². The number of hydrogen-bond donors (Lipinski definition) is 2. The molecule has 4 heteroatoms. The number of nitrogens with two attached hydrogens (primary N) is 1. The summed E-state index contributed by atoms with van der Waals surface area (Å²) in [7, 11) is 0. The normalized spacial score (nSPS) is 14.6. The van der Waals surface area contributed by atoms with Gasteiger partial charge in [0.1, 0.15) is 0 Å². The van der Waals surface area contributed by atoms with E-state index in [1.807, 2.05) is 31.2 Å². The number of benzene rings is 1. The monoisotopic (exact) mass is 318 g/mol. The molecular formula is C11H15IN2O. The molecule has 0 heterocycles. The van der Waals surface area contributed by atoms with Crippen LogP contribution in [0.15, 0.2) is 24.3 Å². The Labute approximate surface area is 104 Å². The molecule has 0 aliphatic carbocycles. The predicted molar refractivity (Wildman–Crippen MR) is 69.4 cm³/mol. The minimum absolute atomic E-state index is 0.129. The van der Waals surface area contributed by atoms with Crippen LogP contribution in [0.3, 0.4) is 0 Å². The molecule has 15 heavy (non-hydrogen) atoms. The number of nitrogens with one attached hydrogen (secondary N) is 1. The van der Waals surface area contributed by atoms with Crippen LogP contribution in [0.25, 0.3) is 0 Å². The lowest BCUT2D eigenvalue weighted by Crippen LogP contribution is -2.39. The van der Waals surface area contributed by atoms with Gasteiger partial charge in [-0.15, -0.1) is 0 Å². The van der Waals surface area contributed by atoms with Gasteiger partial charge in [-0.25, -0.2) is 0 Å². The minimum atomic E-state index is -0.327. The molecule has 1 rings (SSSR count). The molecule has 1 aromatic rings. The molecule has 0 radical (unpaired) electrons. The van der Waals surface area contributed by atoms with E-state index in [4.69, 9.17) is 5.73 Å². The predicted octanol–water partition coefficient (Wildman–Crippen LogP) is 1.82. The third kappa shape index (κ3) is 3.79. The van der Waals surface area contributed by atoms with E-state index in [0.29, 0.717) is 0 Å². The maximum atomic E-state index is 10.9. The SMILES string of the molecule is CC(NC(C)c1ccc(I)cc1)C(N)=O. The smallest absolute Gasteiger partial charge is 0.234 e. The number of carbonyl (C=O) groups is 1. The zero-order valence-electron chi connectivity index (χ0n) is 8.83. The molecule has 3 N–H and O–H groups in total. The van der Waals surface area contributed by atoms with Gasteiger partial charge in [-0.1, -0.05) is 12.1 Å². The van der Waals surface area contributed by atoms with Crippen molar-refractivity contribution in [3.05, 3.63) is 33.4 Å². The van der Waals surface area contributed by atoms with Crippen LogP contribution in [0, 0.1) is 3.57 Å². The first kappa shape index (κ1) is 12.4. The molecule has 3 nitrogen and oxygen atoms in total. The molecule has 1 amide bonds. The minimum Gasteiger partial charge on any atom is -0.368 e. The van der Waals surface area contributed by atoms with Crippen molar-refractivity contribution >= 4 is 28.5 Å². The molecule has 0 aromatic heterocycles. The average Bonchev–Trinajstić information content (AvgIpc) is 2.18. The number of halogens is 1. The lowest BCUT2D eigenvalue weighted by atomic mass is 10.1. The van der Waals surface area contributed by atoms with Crippen molar-refractivity contribution in [1.82, 2.24) is 5.32 Å². The molecule has 0 fully saturated rings. The number of carbonyl (C=O) groups excluding carboxylic acids is 1. The highest BCUT2D eigenvalue weighted by atomic mass is 127. The Kier molecular flexibility index (Phi) is 4.53. The van der Waals surface area contributed by atoms with Crippen molar-refractivity contribution in [2.75, 3.05) is 0 Å². The highest BCUT2D eigenvalue weighted by Gasteiger charge is 2.12. The second kappa shape index (κ2) is 5.46. The van der Waals surface area contributed by atoms with Gasteiger partial charge in [0.15, 0.2) is 0 Å². The lowest BCUT2D eigenvalue weighted by molar-refractivity contribution is -0.119. The number of hydrogen-bond acceptors (Lipinski definition) is 2. The van der Waals surface area contributed by atoms with E-state index in [0.717, 1.165) is 5.56 Å². The van der Waals surface area contributed by atoms with Crippen molar-refractivity contribution in [1.29, 1.82) is 0 Å². The first-order valence-corrected chi connectivity index (χ1v) is 5.89. The summed E-state index contributed by atoms with van der Waals surface area (Å²) in [6.07, 6.45) is 0. The average molecular weight is 318 g/mol.